The molecule has 6 nitrogen and oxygen atoms in total. The van der Waals surface area contributed by atoms with Crippen molar-refractivity contribution < 1.29 is 17.9 Å². The third kappa shape index (κ3) is 3.40. The Morgan fingerprint density at radius 2 is 1.96 bits per heavy atom. The van der Waals surface area contributed by atoms with Crippen molar-refractivity contribution in [3.05, 3.63) is 36.0 Å². The van der Waals surface area contributed by atoms with E-state index in [0.29, 0.717) is 19.2 Å². The maximum absolute atomic E-state index is 11.7. The molecule has 0 saturated carbocycles. The fraction of sp³-hybridized carbons (Fsp3) is 0.471. The van der Waals surface area contributed by atoms with Gasteiger partial charge in [0.2, 0.25) is 0 Å². The second kappa shape index (κ2) is 5.81. The Morgan fingerprint density at radius 1 is 1.29 bits per heavy atom. The molecule has 0 amide bonds. The number of sulfone groups is 1. The lowest BCUT2D eigenvalue weighted by molar-refractivity contribution is 0.143. The Bertz CT molecular complexity index is 832. The first kappa shape index (κ1) is 16.8. The largest absolute Gasteiger partial charge is 0.490 e. The van der Waals surface area contributed by atoms with Crippen LogP contribution in [0.5, 0.6) is 11.8 Å². The van der Waals surface area contributed by atoms with Crippen LogP contribution in [0, 0.1) is 0 Å². The Balaban J connectivity index is 1.62. The minimum atomic E-state index is -3.31. The number of fused-ring (bicyclic) bond motifs is 1. The van der Waals surface area contributed by atoms with Gasteiger partial charge in [-0.05, 0) is 23.1 Å². The van der Waals surface area contributed by atoms with Crippen LogP contribution in [0.2, 0.25) is 0 Å². The summed E-state index contributed by atoms with van der Waals surface area (Å²) in [4.78, 5) is 4.01. The van der Waals surface area contributed by atoms with Crippen molar-refractivity contribution in [2.75, 3.05) is 12.9 Å². The molecule has 7 heteroatoms. The van der Waals surface area contributed by atoms with Crippen LogP contribution in [0.15, 0.2) is 35.5 Å². The molecular weight excluding hydrogens is 328 g/mol. The normalized spacial score (nSPS) is 17.4. The molecule has 2 aromatic rings. The summed E-state index contributed by atoms with van der Waals surface area (Å²) in [5.41, 5.74) is 1.34. The maximum Gasteiger partial charge on any atom is 0.297 e. The van der Waals surface area contributed by atoms with E-state index < -0.39 is 9.84 Å². The van der Waals surface area contributed by atoms with E-state index >= 15 is 0 Å². The number of benzene rings is 1. The van der Waals surface area contributed by atoms with Crippen LogP contribution in [0.1, 0.15) is 26.3 Å². The summed E-state index contributed by atoms with van der Waals surface area (Å²) in [6.07, 6.45) is 2.24. The van der Waals surface area contributed by atoms with Gasteiger partial charge in [-0.25, -0.2) is 13.4 Å². The zero-order chi connectivity index (χ0) is 17.5. The van der Waals surface area contributed by atoms with Crippen LogP contribution < -0.4 is 9.47 Å². The van der Waals surface area contributed by atoms with Crippen LogP contribution in [-0.2, 0) is 21.8 Å². The van der Waals surface area contributed by atoms with Crippen molar-refractivity contribution in [2.24, 2.45) is 0 Å². The smallest absolute Gasteiger partial charge is 0.297 e. The first-order valence-corrected chi connectivity index (χ1v) is 9.69. The van der Waals surface area contributed by atoms with Crippen LogP contribution in [0.3, 0.4) is 0 Å². The van der Waals surface area contributed by atoms with Crippen molar-refractivity contribution in [2.45, 2.75) is 43.9 Å². The highest BCUT2D eigenvalue weighted by atomic mass is 32.2. The van der Waals surface area contributed by atoms with Crippen molar-refractivity contribution in [1.29, 1.82) is 0 Å². The summed E-state index contributed by atoms with van der Waals surface area (Å²) in [6, 6.07) is 8.31. The molecule has 3 rings (SSSR count). The number of nitrogens with zero attached hydrogens (tertiary/aromatic N) is 2. The van der Waals surface area contributed by atoms with Gasteiger partial charge in [-0.3, -0.25) is 4.57 Å². The minimum absolute atomic E-state index is 0.102. The average molecular weight is 350 g/mol. The highest BCUT2D eigenvalue weighted by Gasteiger charge is 2.30. The van der Waals surface area contributed by atoms with E-state index in [2.05, 4.69) is 37.9 Å². The van der Waals surface area contributed by atoms with E-state index in [9.17, 15) is 8.42 Å². The van der Waals surface area contributed by atoms with E-state index in [0.717, 1.165) is 12.0 Å². The fourth-order valence-corrected chi connectivity index (χ4v) is 3.42. The Kier molecular flexibility index (Phi) is 4.07. The number of hydrogen-bond acceptors (Lipinski definition) is 5. The monoisotopic (exact) mass is 350 g/mol. The van der Waals surface area contributed by atoms with Gasteiger partial charge in [0.25, 0.3) is 6.01 Å². The molecule has 0 N–H and O–H groups in total. The van der Waals surface area contributed by atoms with Crippen molar-refractivity contribution in [3.63, 3.8) is 0 Å². The van der Waals surface area contributed by atoms with Gasteiger partial charge in [-0.2, -0.15) is 0 Å². The molecule has 1 aromatic heterocycles. The van der Waals surface area contributed by atoms with E-state index in [-0.39, 0.29) is 16.5 Å². The summed E-state index contributed by atoms with van der Waals surface area (Å²) < 4.78 is 36.4. The van der Waals surface area contributed by atoms with Gasteiger partial charge in [0, 0.05) is 6.26 Å². The third-order valence-corrected chi connectivity index (χ3v) is 5.06. The summed E-state index contributed by atoms with van der Waals surface area (Å²) in [5, 5.41) is 0.175. The van der Waals surface area contributed by atoms with Crippen LogP contribution in [0.25, 0.3) is 0 Å². The van der Waals surface area contributed by atoms with Crippen LogP contribution in [0.4, 0.5) is 0 Å². The molecule has 24 heavy (non-hydrogen) atoms. The van der Waals surface area contributed by atoms with Gasteiger partial charge < -0.3 is 9.47 Å². The fourth-order valence-electron chi connectivity index (χ4n) is 2.62. The molecule has 2 heterocycles. The average Bonchev–Trinajstić information content (AvgIpc) is 3.03. The SMILES string of the molecule is CC(C)(C)c1ccc(OC[C@@H]2Cn3c(S(C)(=O)=O)cnc3O2)cc1. The number of ether oxygens (including phenoxy) is 2. The lowest BCUT2D eigenvalue weighted by atomic mass is 9.87. The van der Waals surface area contributed by atoms with Crippen molar-refractivity contribution >= 4 is 9.84 Å². The molecule has 0 radical (unpaired) electrons. The topological polar surface area (TPSA) is 70.4 Å². The Labute approximate surface area is 142 Å². The molecule has 0 fully saturated rings. The lowest BCUT2D eigenvalue weighted by Crippen LogP contribution is -2.24. The van der Waals surface area contributed by atoms with Crippen LogP contribution in [-0.4, -0.2) is 36.9 Å². The Morgan fingerprint density at radius 3 is 2.54 bits per heavy atom. The predicted octanol–water partition coefficient (Wildman–Crippen LogP) is 2.42. The van der Waals surface area contributed by atoms with Gasteiger partial charge in [-0.15, -0.1) is 0 Å². The summed E-state index contributed by atoms with van der Waals surface area (Å²) in [7, 11) is -3.31. The molecule has 0 aliphatic carbocycles. The number of aromatic nitrogens is 2. The first-order valence-electron chi connectivity index (χ1n) is 7.80. The maximum atomic E-state index is 11.7. The first-order chi connectivity index (χ1) is 11.1. The summed E-state index contributed by atoms with van der Waals surface area (Å²) in [5.74, 6) is 0.763. The lowest BCUT2D eigenvalue weighted by Gasteiger charge is -2.19. The molecule has 0 unspecified atom stereocenters. The van der Waals surface area contributed by atoms with Gasteiger partial charge in [0.15, 0.2) is 21.0 Å². The van der Waals surface area contributed by atoms with Gasteiger partial charge in [0.1, 0.15) is 12.4 Å². The molecule has 1 aliphatic heterocycles. The van der Waals surface area contributed by atoms with Crippen molar-refractivity contribution in [1.82, 2.24) is 9.55 Å². The Hall–Kier alpha value is -2.02. The number of imidazole rings is 1. The molecule has 0 bridgehead atoms. The van der Waals surface area contributed by atoms with Gasteiger partial charge in [-0.1, -0.05) is 32.9 Å². The quantitative estimate of drug-likeness (QED) is 0.847. The highest BCUT2D eigenvalue weighted by Crippen LogP contribution is 2.27. The van der Waals surface area contributed by atoms with E-state index in [4.69, 9.17) is 9.47 Å². The van der Waals surface area contributed by atoms with Gasteiger partial charge in [0.05, 0.1) is 12.7 Å². The molecule has 1 aromatic carbocycles. The molecule has 0 spiro atoms. The zero-order valence-electron chi connectivity index (χ0n) is 14.3. The van der Waals surface area contributed by atoms with E-state index in [1.54, 1.807) is 4.57 Å². The standard InChI is InChI=1S/C17H22N2O4S/c1-17(2,3)12-5-7-13(8-6-12)22-11-14-10-19-15(24(4,20)21)9-18-16(19)23-14/h5-9,14H,10-11H2,1-4H3/t14-/m0/s1. The third-order valence-electron chi connectivity index (χ3n) is 3.98. The van der Waals surface area contributed by atoms with E-state index in [1.807, 2.05) is 12.1 Å². The molecule has 1 aliphatic rings. The predicted molar refractivity (Wildman–Crippen MR) is 90.4 cm³/mol. The van der Waals surface area contributed by atoms with Crippen molar-refractivity contribution in [3.8, 4) is 11.8 Å². The molecule has 130 valence electrons. The van der Waals surface area contributed by atoms with E-state index in [1.165, 1.54) is 11.8 Å². The molecule has 1 atom stereocenters. The summed E-state index contributed by atoms with van der Waals surface area (Å²) in [6.45, 7) is 7.24. The number of rotatable bonds is 4. The minimum Gasteiger partial charge on any atom is -0.490 e. The highest BCUT2D eigenvalue weighted by molar-refractivity contribution is 7.90. The second-order valence-electron chi connectivity index (χ2n) is 7.09. The summed E-state index contributed by atoms with van der Waals surface area (Å²) >= 11 is 0. The second-order valence-corrected chi connectivity index (χ2v) is 9.05. The van der Waals surface area contributed by atoms with Crippen LogP contribution >= 0.6 is 0 Å². The zero-order valence-corrected chi connectivity index (χ0v) is 15.1. The molecule has 0 saturated heterocycles. The van der Waals surface area contributed by atoms with Gasteiger partial charge >= 0.3 is 0 Å². The molecular formula is C17H22N2O4S. The number of hydrogen-bond donors (Lipinski definition) is 0.